The molecular formula is C23H26N2. The number of hydrogen-bond acceptors (Lipinski definition) is 2. The van der Waals surface area contributed by atoms with Crippen LogP contribution in [0.4, 0.5) is 0 Å². The van der Waals surface area contributed by atoms with Gasteiger partial charge in [0, 0.05) is 32.2 Å². The van der Waals surface area contributed by atoms with Crippen molar-refractivity contribution in [1.82, 2.24) is 10.2 Å². The first-order valence-corrected chi connectivity index (χ1v) is 9.75. The molecule has 2 nitrogen and oxygen atoms in total. The lowest BCUT2D eigenvalue weighted by Gasteiger charge is -2.36. The second-order valence-corrected chi connectivity index (χ2v) is 7.71. The van der Waals surface area contributed by atoms with Gasteiger partial charge in [-0.15, -0.1) is 0 Å². The Hall–Kier alpha value is -1.90. The van der Waals surface area contributed by atoms with Gasteiger partial charge in [-0.3, -0.25) is 4.90 Å². The summed E-state index contributed by atoms with van der Waals surface area (Å²) >= 11 is 0. The Morgan fingerprint density at radius 2 is 1.48 bits per heavy atom. The van der Waals surface area contributed by atoms with E-state index in [9.17, 15) is 0 Å². The van der Waals surface area contributed by atoms with Crippen LogP contribution in [-0.4, -0.2) is 31.1 Å². The van der Waals surface area contributed by atoms with Crippen LogP contribution in [0.3, 0.4) is 0 Å². The second-order valence-electron chi connectivity index (χ2n) is 7.71. The van der Waals surface area contributed by atoms with Crippen molar-refractivity contribution in [3.63, 3.8) is 0 Å². The van der Waals surface area contributed by atoms with E-state index in [4.69, 9.17) is 0 Å². The van der Waals surface area contributed by atoms with E-state index in [0.29, 0.717) is 6.04 Å². The smallest absolute Gasteiger partial charge is 0.0364 e. The molecular weight excluding hydrogens is 304 g/mol. The number of nitrogens with zero attached hydrogens (tertiary/aromatic N) is 1. The Bertz CT molecular complexity index is 837. The second kappa shape index (κ2) is 6.44. The average Bonchev–Trinajstić information content (AvgIpc) is 3.49. The molecule has 1 atom stereocenters. The van der Waals surface area contributed by atoms with Gasteiger partial charge in [0.05, 0.1) is 0 Å². The summed E-state index contributed by atoms with van der Waals surface area (Å²) in [6.45, 7) is 4.55. The van der Waals surface area contributed by atoms with E-state index in [1.54, 1.807) is 5.56 Å². The van der Waals surface area contributed by atoms with Crippen LogP contribution in [-0.2, 0) is 0 Å². The zero-order chi connectivity index (χ0) is 16.6. The normalized spacial score (nSPS) is 20.2. The minimum Gasteiger partial charge on any atom is -0.314 e. The third-order valence-electron chi connectivity index (χ3n) is 5.99. The highest BCUT2D eigenvalue weighted by Crippen LogP contribution is 2.44. The first-order valence-electron chi connectivity index (χ1n) is 9.75. The topological polar surface area (TPSA) is 15.3 Å². The summed E-state index contributed by atoms with van der Waals surface area (Å²) in [6.07, 6.45) is 4.16. The molecule has 0 aromatic heterocycles. The van der Waals surface area contributed by atoms with E-state index in [1.165, 1.54) is 40.8 Å². The molecule has 0 amide bonds. The van der Waals surface area contributed by atoms with Crippen molar-refractivity contribution in [3.05, 3.63) is 60.2 Å². The number of hydrogen-bond donors (Lipinski definition) is 1. The molecule has 0 bridgehead atoms. The van der Waals surface area contributed by atoms with Crippen LogP contribution in [0.2, 0.25) is 0 Å². The number of benzene rings is 3. The first-order chi connectivity index (χ1) is 12.4. The number of piperazine rings is 1. The van der Waals surface area contributed by atoms with E-state index < -0.39 is 0 Å². The lowest BCUT2D eigenvalue weighted by molar-refractivity contribution is 0.162. The van der Waals surface area contributed by atoms with Gasteiger partial charge in [-0.05, 0) is 45.5 Å². The van der Waals surface area contributed by atoms with Gasteiger partial charge in [-0.1, -0.05) is 61.4 Å². The van der Waals surface area contributed by atoms with Crippen molar-refractivity contribution in [1.29, 1.82) is 0 Å². The number of rotatable bonds is 4. The van der Waals surface area contributed by atoms with Gasteiger partial charge in [0.25, 0.3) is 0 Å². The highest BCUT2D eigenvalue weighted by molar-refractivity contribution is 6.02. The Balaban J connectivity index is 1.73. The number of nitrogens with one attached hydrogen (secondary N) is 1. The van der Waals surface area contributed by atoms with E-state index in [1.807, 2.05) is 0 Å². The zero-order valence-electron chi connectivity index (χ0n) is 14.7. The van der Waals surface area contributed by atoms with Gasteiger partial charge >= 0.3 is 0 Å². The standard InChI is InChI=1S/C23H26N2/c1-3-7-20-18(5-1)16-19-6-2-4-8-21(19)23(20)22(15-17-9-10-17)25-13-11-24-12-14-25/h1-8,16-17,22,24H,9-15H2/t22-/m1/s1. The molecule has 1 aliphatic carbocycles. The molecule has 2 aliphatic rings. The lowest BCUT2D eigenvalue weighted by atomic mass is 9.88. The summed E-state index contributed by atoms with van der Waals surface area (Å²) in [5, 5.41) is 9.18. The van der Waals surface area contributed by atoms with E-state index in [2.05, 4.69) is 64.8 Å². The molecule has 128 valence electrons. The molecule has 1 heterocycles. The van der Waals surface area contributed by atoms with Crippen LogP contribution in [0.1, 0.15) is 30.9 Å². The van der Waals surface area contributed by atoms with Gasteiger partial charge in [0.1, 0.15) is 0 Å². The lowest BCUT2D eigenvalue weighted by Crippen LogP contribution is -2.45. The fourth-order valence-corrected chi connectivity index (χ4v) is 4.52. The minimum absolute atomic E-state index is 0.547. The summed E-state index contributed by atoms with van der Waals surface area (Å²) in [6, 6.07) is 20.9. The van der Waals surface area contributed by atoms with Gasteiger partial charge in [-0.25, -0.2) is 0 Å². The molecule has 5 rings (SSSR count). The van der Waals surface area contributed by atoms with Gasteiger partial charge in [0.2, 0.25) is 0 Å². The van der Waals surface area contributed by atoms with Gasteiger partial charge < -0.3 is 5.32 Å². The maximum Gasteiger partial charge on any atom is 0.0364 e. The van der Waals surface area contributed by atoms with Crippen LogP contribution in [0, 0.1) is 5.92 Å². The molecule has 1 N–H and O–H groups in total. The molecule has 3 aromatic carbocycles. The third-order valence-corrected chi connectivity index (χ3v) is 5.99. The largest absolute Gasteiger partial charge is 0.314 e. The summed E-state index contributed by atoms with van der Waals surface area (Å²) in [7, 11) is 0. The van der Waals surface area contributed by atoms with E-state index >= 15 is 0 Å². The fraction of sp³-hybridized carbons (Fsp3) is 0.391. The zero-order valence-corrected chi connectivity index (χ0v) is 14.7. The van der Waals surface area contributed by atoms with Crippen molar-refractivity contribution < 1.29 is 0 Å². The van der Waals surface area contributed by atoms with Gasteiger partial charge in [0.15, 0.2) is 0 Å². The minimum atomic E-state index is 0.547. The molecule has 1 saturated heterocycles. The van der Waals surface area contributed by atoms with Crippen molar-refractivity contribution in [2.45, 2.75) is 25.3 Å². The van der Waals surface area contributed by atoms with Crippen molar-refractivity contribution >= 4 is 21.5 Å². The Labute approximate surface area is 149 Å². The Morgan fingerprint density at radius 1 is 0.880 bits per heavy atom. The maximum atomic E-state index is 3.52. The molecule has 2 heteroatoms. The predicted octanol–water partition coefficient (Wildman–Crippen LogP) is 4.74. The van der Waals surface area contributed by atoms with Gasteiger partial charge in [-0.2, -0.15) is 0 Å². The highest BCUT2D eigenvalue weighted by atomic mass is 15.2. The predicted molar refractivity (Wildman–Crippen MR) is 106 cm³/mol. The van der Waals surface area contributed by atoms with E-state index in [-0.39, 0.29) is 0 Å². The molecule has 0 spiro atoms. The van der Waals surface area contributed by atoms with Crippen LogP contribution in [0.5, 0.6) is 0 Å². The molecule has 2 fully saturated rings. The molecule has 0 radical (unpaired) electrons. The first kappa shape index (κ1) is 15.4. The molecule has 1 saturated carbocycles. The monoisotopic (exact) mass is 330 g/mol. The third kappa shape index (κ3) is 2.94. The summed E-state index contributed by atoms with van der Waals surface area (Å²) in [5.41, 5.74) is 1.57. The van der Waals surface area contributed by atoms with E-state index in [0.717, 1.165) is 32.1 Å². The summed E-state index contributed by atoms with van der Waals surface area (Å²) in [5.74, 6) is 0.928. The molecule has 3 aromatic rings. The van der Waals surface area contributed by atoms with Crippen LogP contribution < -0.4 is 5.32 Å². The van der Waals surface area contributed by atoms with Crippen LogP contribution >= 0.6 is 0 Å². The molecule has 0 unspecified atom stereocenters. The van der Waals surface area contributed by atoms with Crippen molar-refractivity contribution in [2.24, 2.45) is 5.92 Å². The maximum absolute atomic E-state index is 3.52. The highest BCUT2D eigenvalue weighted by Gasteiger charge is 2.32. The SMILES string of the molecule is c1ccc2c([C@@H](CC3CC3)N3CCNCC3)c3ccccc3cc2c1. The summed E-state index contributed by atoms with van der Waals surface area (Å²) < 4.78 is 0. The van der Waals surface area contributed by atoms with Crippen molar-refractivity contribution in [2.75, 3.05) is 26.2 Å². The Kier molecular flexibility index (Phi) is 3.95. The molecule has 25 heavy (non-hydrogen) atoms. The van der Waals surface area contributed by atoms with Crippen LogP contribution in [0.15, 0.2) is 54.6 Å². The Morgan fingerprint density at radius 3 is 2.08 bits per heavy atom. The fourth-order valence-electron chi connectivity index (χ4n) is 4.52. The van der Waals surface area contributed by atoms with Crippen LogP contribution in [0.25, 0.3) is 21.5 Å². The molecule has 1 aliphatic heterocycles. The quantitative estimate of drug-likeness (QED) is 0.695. The average molecular weight is 330 g/mol. The summed E-state index contributed by atoms with van der Waals surface area (Å²) in [4.78, 5) is 2.74. The van der Waals surface area contributed by atoms with Crippen molar-refractivity contribution in [3.8, 4) is 0 Å². The number of fused-ring (bicyclic) bond motifs is 2.